The van der Waals surface area contributed by atoms with E-state index in [0.29, 0.717) is 31.2 Å². The van der Waals surface area contributed by atoms with E-state index in [1.165, 1.54) is 0 Å². The average Bonchev–Trinajstić information content (AvgIpc) is 2.41. The molecule has 0 aromatic heterocycles. The van der Waals surface area contributed by atoms with E-state index in [0.717, 1.165) is 13.1 Å². The first kappa shape index (κ1) is 12.7. The lowest BCUT2D eigenvalue weighted by Gasteiger charge is -2.27. The number of hydrogen-bond donors (Lipinski definition) is 1. The van der Waals surface area contributed by atoms with Gasteiger partial charge in [0.05, 0.1) is 20.2 Å². The van der Waals surface area contributed by atoms with Crippen LogP contribution in [0, 0.1) is 0 Å². The van der Waals surface area contributed by atoms with E-state index in [1.807, 2.05) is 29.2 Å². The third kappa shape index (κ3) is 3.13. The fourth-order valence-electron chi connectivity index (χ4n) is 1.89. The Hall–Kier alpha value is -1.75. The molecule has 0 aliphatic carbocycles. The highest BCUT2D eigenvalue weighted by atomic mass is 16.5. The maximum Gasteiger partial charge on any atom is 0.236 e. The van der Waals surface area contributed by atoms with Crippen molar-refractivity contribution in [3.05, 3.63) is 24.3 Å². The number of nitrogens with one attached hydrogen (secondary N) is 1. The predicted molar refractivity (Wildman–Crippen MR) is 67.9 cm³/mol. The van der Waals surface area contributed by atoms with Crippen LogP contribution in [0.2, 0.25) is 0 Å². The first-order valence-electron chi connectivity index (χ1n) is 6.05. The van der Waals surface area contributed by atoms with Crippen molar-refractivity contribution in [3.63, 3.8) is 0 Å². The molecule has 98 valence electrons. The fourth-order valence-corrected chi connectivity index (χ4v) is 1.89. The van der Waals surface area contributed by atoms with Crippen LogP contribution in [0.15, 0.2) is 24.3 Å². The third-order valence-electron chi connectivity index (χ3n) is 2.88. The Morgan fingerprint density at radius 2 is 2.11 bits per heavy atom. The van der Waals surface area contributed by atoms with E-state index in [9.17, 15) is 4.79 Å². The molecule has 2 rings (SSSR count). The lowest BCUT2D eigenvalue weighted by molar-refractivity contribution is -0.132. The third-order valence-corrected chi connectivity index (χ3v) is 2.88. The minimum Gasteiger partial charge on any atom is -0.493 e. The molecule has 1 heterocycles. The lowest BCUT2D eigenvalue weighted by Crippen LogP contribution is -2.49. The van der Waals surface area contributed by atoms with E-state index in [2.05, 4.69) is 5.32 Å². The van der Waals surface area contributed by atoms with Crippen molar-refractivity contribution in [1.82, 2.24) is 10.2 Å². The molecule has 0 radical (unpaired) electrons. The minimum absolute atomic E-state index is 0.130. The van der Waals surface area contributed by atoms with Crippen LogP contribution in [0.4, 0.5) is 0 Å². The molecule has 1 N–H and O–H groups in total. The van der Waals surface area contributed by atoms with Crippen molar-refractivity contribution < 1.29 is 14.3 Å². The zero-order chi connectivity index (χ0) is 12.8. The van der Waals surface area contributed by atoms with E-state index in [-0.39, 0.29) is 5.91 Å². The Morgan fingerprint density at radius 1 is 1.33 bits per heavy atom. The van der Waals surface area contributed by atoms with Gasteiger partial charge in [0.2, 0.25) is 5.91 Å². The smallest absolute Gasteiger partial charge is 0.236 e. The lowest BCUT2D eigenvalue weighted by atomic mass is 10.3. The molecule has 1 fully saturated rings. The zero-order valence-corrected chi connectivity index (χ0v) is 10.5. The summed E-state index contributed by atoms with van der Waals surface area (Å²) in [6, 6.07) is 7.50. The molecule has 0 unspecified atom stereocenters. The van der Waals surface area contributed by atoms with Crippen molar-refractivity contribution in [1.29, 1.82) is 0 Å². The summed E-state index contributed by atoms with van der Waals surface area (Å²) in [6.07, 6.45) is 0. The highest BCUT2D eigenvalue weighted by molar-refractivity contribution is 5.78. The van der Waals surface area contributed by atoms with Crippen LogP contribution in [-0.4, -0.2) is 50.7 Å². The number of hydrogen-bond acceptors (Lipinski definition) is 4. The summed E-state index contributed by atoms with van der Waals surface area (Å²) in [4.78, 5) is 13.4. The van der Waals surface area contributed by atoms with Crippen molar-refractivity contribution in [2.24, 2.45) is 0 Å². The number of benzene rings is 1. The summed E-state index contributed by atoms with van der Waals surface area (Å²) in [5.41, 5.74) is 0. The number of carbonyl (C=O) groups is 1. The number of amides is 1. The number of piperazine rings is 1. The highest BCUT2D eigenvalue weighted by Crippen LogP contribution is 2.25. The molecule has 1 aliphatic heterocycles. The van der Waals surface area contributed by atoms with Crippen LogP contribution < -0.4 is 14.8 Å². The Balaban J connectivity index is 1.82. The number of nitrogens with zero attached hydrogens (tertiary/aromatic N) is 1. The molecular weight excluding hydrogens is 232 g/mol. The van der Waals surface area contributed by atoms with Gasteiger partial charge in [-0.15, -0.1) is 0 Å². The van der Waals surface area contributed by atoms with Crippen molar-refractivity contribution >= 4 is 5.91 Å². The topological polar surface area (TPSA) is 50.8 Å². The molecule has 0 spiro atoms. The molecule has 5 heteroatoms. The fraction of sp³-hybridized carbons (Fsp3) is 0.462. The first-order chi connectivity index (χ1) is 8.81. The summed E-state index contributed by atoms with van der Waals surface area (Å²) >= 11 is 0. The van der Waals surface area contributed by atoms with Gasteiger partial charge >= 0.3 is 0 Å². The summed E-state index contributed by atoms with van der Waals surface area (Å²) in [6.45, 7) is 3.11. The van der Waals surface area contributed by atoms with E-state index in [1.54, 1.807) is 7.11 Å². The minimum atomic E-state index is 0.130. The van der Waals surface area contributed by atoms with E-state index >= 15 is 0 Å². The van der Waals surface area contributed by atoms with E-state index < -0.39 is 0 Å². The average molecular weight is 250 g/mol. The van der Waals surface area contributed by atoms with Crippen LogP contribution in [0.5, 0.6) is 11.5 Å². The van der Waals surface area contributed by atoms with Crippen LogP contribution in [-0.2, 0) is 4.79 Å². The van der Waals surface area contributed by atoms with Crippen molar-refractivity contribution in [2.75, 3.05) is 39.9 Å². The van der Waals surface area contributed by atoms with Crippen LogP contribution in [0.25, 0.3) is 0 Å². The molecule has 0 bridgehead atoms. The number of para-hydroxylation sites is 2. The Morgan fingerprint density at radius 3 is 2.83 bits per heavy atom. The molecule has 1 aromatic carbocycles. The summed E-state index contributed by atoms with van der Waals surface area (Å²) in [7, 11) is 1.61. The summed E-state index contributed by atoms with van der Waals surface area (Å²) in [5, 5.41) is 3.04. The standard InChI is InChI=1S/C13H18N2O3/c1-17-11-4-2-3-5-12(11)18-9-8-15-7-6-14-10-13(15)16/h2-5,14H,6-10H2,1H3. The van der Waals surface area contributed by atoms with Gasteiger partial charge in [0.1, 0.15) is 6.61 Å². The predicted octanol–water partition coefficient (Wildman–Crippen LogP) is 0.506. The summed E-state index contributed by atoms with van der Waals surface area (Å²) < 4.78 is 10.8. The largest absolute Gasteiger partial charge is 0.493 e. The Labute approximate surface area is 107 Å². The molecule has 1 aliphatic rings. The number of ether oxygens (including phenoxy) is 2. The van der Waals surface area contributed by atoms with Gasteiger partial charge in [0.25, 0.3) is 0 Å². The van der Waals surface area contributed by atoms with Crippen LogP contribution in [0.3, 0.4) is 0 Å². The maximum absolute atomic E-state index is 11.5. The molecule has 1 saturated heterocycles. The van der Waals surface area contributed by atoms with Crippen LogP contribution in [0.1, 0.15) is 0 Å². The normalized spacial score (nSPS) is 15.6. The molecule has 5 nitrogen and oxygen atoms in total. The Bertz CT molecular complexity index is 409. The monoisotopic (exact) mass is 250 g/mol. The number of carbonyl (C=O) groups excluding carboxylic acids is 1. The van der Waals surface area contributed by atoms with Crippen LogP contribution >= 0.6 is 0 Å². The molecule has 1 amide bonds. The van der Waals surface area contributed by atoms with E-state index in [4.69, 9.17) is 9.47 Å². The second-order valence-corrected chi connectivity index (χ2v) is 4.06. The van der Waals surface area contributed by atoms with Crippen molar-refractivity contribution in [3.8, 4) is 11.5 Å². The zero-order valence-electron chi connectivity index (χ0n) is 10.5. The van der Waals surface area contributed by atoms with Gasteiger partial charge < -0.3 is 19.7 Å². The van der Waals surface area contributed by atoms with Gasteiger partial charge in [-0.3, -0.25) is 4.79 Å². The molecule has 0 atom stereocenters. The molecule has 1 aromatic rings. The second-order valence-electron chi connectivity index (χ2n) is 4.06. The quantitative estimate of drug-likeness (QED) is 0.827. The number of methoxy groups -OCH3 is 1. The molecule has 18 heavy (non-hydrogen) atoms. The molecule has 0 saturated carbocycles. The number of rotatable bonds is 5. The Kier molecular flexibility index (Phi) is 4.41. The maximum atomic E-state index is 11.5. The molecular formula is C13H18N2O3. The van der Waals surface area contributed by atoms with Gasteiger partial charge in [0.15, 0.2) is 11.5 Å². The van der Waals surface area contributed by atoms with Gasteiger partial charge in [-0.05, 0) is 12.1 Å². The van der Waals surface area contributed by atoms with Gasteiger partial charge in [-0.2, -0.15) is 0 Å². The highest BCUT2D eigenvalue weighted by Gasteiger charge is 2.17. The van der Waals surface area contributed by atoms with Gasteiger partial charge in [0, 0.05) is 13.1 Å². The van der Waals surface area contributed by atoms with Crippen molar-refractivity contribution in [2.45, 2.75) is 0 Å². The SMILES string of the molecule is COc1ccccc1OCCN1CCNCC1=O. The first-order valence-corrected chi connectivity index (χ1v) is 6.05. The van der Waals surface area contributed by atoms with Gasteiger partial charge in [-0.25, -0.2) is 0 Å². The second kappa shape index (κ2) is 6.26. The summed E-state index contributed by atoms with van der Waals surface area (Å²) in [5.74, 6) is 1.55. The van der Waals surface area contributed by atoms with Gasteiger partial charge in [-0.1, -0.05) is 12.1 Å².